The lowest BCUT2D eigenvalue weighted by molar-refractivity contribution is 0.162. The molecule has 20 heavy (non-hydrogen) atoms. The molecule has 1 atom stereocenters. The molecule has 0 aromatic heterocycles. The fourth-order valence-corrected chi connectivity index (χ4v) is 2.77. The van der Waals surface area contributed by atoms with Crippen LogP contribution in [-0.2, 0) is 12.8 Å². The molecule has 1 nitrogen and oxygen atoms in total. The number of aryl methyl sites for hydroxylation is 2. The third-order valence-electron chi connectivity index (χ3n) is 4.19. The number of rotatable bonds is 10. The van der Waals surface area contributed by atoms with Gasteiger partial charge in [-0.15, -0.1) is 0 Å². The van der Waals surface area contributed by atoms with Gasteiger partial charge in [-0.1, -0.05) is 77.5 Å². The molecule has 1 aromatic rings. The van der Waals surface area contributed by atoms with Crippen molar-refractivity contribution in [3.05, 3.63) is 34.9 Å². The molecular weight excluding hydrogens is 244 g/mol. The topological polar surface area (TPSA) is 20.2 Å². The predicted molar refractivity (Wildman–Crippen MR) is 88.2 cm³/mol. The third kappa shape index (κ3) is 5.66. The molecule has 0 bridgehead atoms. The van der Waals surface area contributed by atoms with Crippen molar-refractivity contribution in [1.29, 1.82) is 0 Å². The van der Waals surface area contributed by atoms with Gasteiger partial charge in [0.15, 0.2) is 0 Å². The van der Waals surface area contributed by atoms with Gasteiger partial charge >= 0.3 is 0 Å². The molecular formula is C19H32O. The Bertz CT molecular complexity index is 370. The van der Waals surface area contributed by atoms with E-state index in [1.54, 1.807) is 0 Å². The van der Waals surface area contributed by atoms with Gasteiger partial charge in [0.2, 0.25) is 0 Å². The lowest BCUT2D eigenvalue weighted by atomic mass is 9.94. The highest BCUT2D eigenvalue weighted by atomic mass is 16.3. The van der Waals surface area contributed by atoms with Gasteiger partial charge in [-0.25, -0.2) is 0 Å². The first-order chi connectivity index (χ1) is 9.72. The van der Waals surface area contributed by atoms with Gasteiger partial charge in [0.25, 0.3) is 0 Å². The quantitative estimate of drug-likeness (QED) is 0.552. The molecule has 1 heteroatoms. The van der Waals surface area contributed by atoms with E-state index in [9.17, 15) is 5.11 Å². The van der Waals surface area contributed by atoms with E-state index in [-0.39, 0.29) is 6.10 Å². The molecule has 0 amide bonds. The Morgan fingerprint density at radius 3 is 2.25 bits per heavy atom. The van der Waals surface area contributed by atoms with E-state index >= 15 is 0 Å². The summed E-state index contributed by atoms with van der Waals surface area (Å²) in [5, 5.41) is 10.5. The van der Waals surface area contributed by atoms with Crippen molar-refractivity contribution in [2.24, 2.45) is 0 Å². The highest BCUT2D eigenvalue weighted by Gasteiger charge is 2.12. The molecule has 0 aliphatic heterocycles. The number of hydrogen-bond acceptors (Lipinski definition) is 1. The Labute approximate surface area is 125 Å². The van der Waals surface area contributed by atoms with Crippen LogP contribution in [-0.4, -0.2) is 5.11 Å². The fourth-order valence-electron chi connectivity index (χ4n) is 2.77. The summed E-state index contributed by atoms with van der Waals surface area (Å²) >= 11 is 0. The molecule has 1 aromatic carbocycles. The summed E-state index contributed by atoms with van der Waals surface area (Å²) in [5.74, 6) is 0. The Balaban J connectivity index is 2.47. The van der Waals surface area contributed by atoms with Crippen LogP contribution < -0.4 is 0 Å². The summed E-state index contributed by atoms with van der Waals surface area (Å²) in [6, 6.07) is 6.60. The van der Waals surface area contributed by atoms with Gasteiger partial charge in [0, 0.05) is 0 Å². The van der Waals surface area contributed by atoms with Gasteiger partial charge in [0.05, 0.1) is 6.10 Å². The molecule has 0 saturated carbocycles. The zero-order chi connectivity index (χ0) is 14.8. The van der Waals surface area contributed by atoms with E-state index in [1.165, 1.54) is 48.8 Å². The number of aliphatic hydroxyl groups excluding tert-OH is 1. The van der Waals surface area contributed by atoms with Gasteiger partial charge < -0.3 is 5.11 Å². The lowest BCUT2D eigenvalue weighted by Gasteiger charge is -2.16. The van der Waals surface area contributed by atoms with Crippen LogP contribution in [0.4, 0.5) is 0 Å². The average molecular weight is 276 g/mol. The number of hydrogen-bond donors (Lipinski definition) is 1. The second-order valence-corrected chi connectivity index (χ2v) is 5.81. The van der Waals surface area contributed by atoms with Gasteiger partial charge in [-0.2, -0.15) is 0 Å². The highest BCUT2D eigenvalue weighted by molar-refractivity contribution is 5.33. The summed E-state index contributed by atoms with van der Waals surface area (Å²) in [6.07, 6.45) is 10.4. The van der Waals surface area contributed by atoms with E-state index in [1.807, 2.05) is 0 Å². The SMILES string of the molecule is CCCCCCCCC(O)c1cc(CC)ccc1CC. The standard InChI is InChI=1S/C19H32O/c1-4-7-8-9-10-11-12-19(20)18-15-16(5-2)13-14-17(18)6-3/h13-15,19-20H,4-12H2,1-3H3. The minimum Gasteiger partial charge on any atom is -0.388 e. The smallest absolute Gasteiger partial charge is 0.0792 e. The molecule has 1 N–H and O–H groups in total. The van der Waals surface area contributed by atoms with Crippen LogP contribution in [0.3, 0.4) is 0 Å². The summed E-state index contributed by atoms with van der Waals surface area (Å²) in [6.45, 7) is 6.59. The van der Waals surface area contributed by atoms with E-state index in [2.05, 4.69) is 39.0 Å². The summed E-state index contributed by atoms with van der Waals surface area (Å²) < 4.78 is 0. The molecule has 0 radical (unpaired) electrons. The zero-order valence-electron chi connectivity index (χ0n) is 13.6. The maximum Gasteiger partial charge on any atom is 0.0792 e. The van der Waals surface area contributed by atoms with Crippen LogP contribution in [0.5, 0.6) is 0 Å². The minimum absolute atomic E-state index is 0.275. The van der Waals surface area contributed by atoms with Gasteiger partial charge in [-0.05, 0) is 36.0 Å². The van der Waals surface area contributed by atoms with E-state index < -0.39 is 0 Å². The molecule has 1 rings (SSSR count). The molecule has 0 spiro atoms. The first kappa shape index (κ1) is 17.2. The first-order valence-electron chi connectivity index (χ1n) is 8.52. The van der Waals surface area contributed by atoms with Crippen molar-refractivity contribution >= 4 is 0 Å². The summed E-state index contributed by atoms with van der Waals surface area (Å²) in [5.41, 5.74) is 3.81. The molecule has 0 aliphatic carbocycles. The lowest BCUT2D eigenvalue weighted by Crippen LogP contribution is -2.03. The maximum absolute atomic E-state index is 10.5. The second kappa shape index (κ2) is 9.99. The van der Waals surface area contributed by atoms with Gasteiger partial charge in [0.1, 0.15) is 0 Å². The summed E-state index contributed by atoms with van der Waals surface area (Å²) in [7, 11) is 0. The molecule has 0 saturated heterocycles. The van der Waals surface area contributed by atoms with E-state index in [0.717, 1.165) is 25.7 Å². The Hall–Kier alpha value is -0.820. The normalized spacial score (nSPS) is 12.6. The monoisotopic (exact) mass is 276 g/mol. The third-order valence-corrected chi connectivity index (χ3v) is 4.19. The Kier molecular flexibility index (Phi) is 8.60. The largest absolute Gasteiger partial charge is 0.388 e. The second-order valence-electron chi connectivity index (χ2n) is 5.81. The summed E-state index contributed by atoms with van der Waals surface area (Å²) in [4.78, 5) is 0. The average Bonchev–Trinajstić information content (AvgIpc) is 2.49. The van der Waals surface area contributed by atoms with Crippen molar-refractivity contribution in [1.82, 2.24) is 0 Å². The molecule has 1 unspecified atom stereocenters. The van der Waals surface area contributed by atoms with Crippen molar-refractivity contribution in [2.45, 2.75) is 84.7 Å². The predicted octanol–water partition coefficient (Wildman–Crippen LogP) is 5.60. The minimum atomic E-state index is -0.275. The zero-order valence-corrected chi connectivity index (χ0v) is 13.6. The van der Waals surface area contributed by atoms with Crippen molar-refractivity contribution in [3.8, 4) is 0 Å². The number of aliphatic hydroxyl groups is 1. The number of unbranched alkanes of at least 4 members (excludes halogenated alkanes) is 5. The molecule has 114 valence electrons. The van der Waals surface area contributed by atoms with Crippen LogP contribution in [0.2, 0.25) is 0 Å². The van der Waals surface area contributed by atoms with Crippen LogP contribution in [0.25, 0.3) is 0 Å². The van der Waals surface area contributed by atoms with Crippen molar-refractivity contribution in [3.63, 3.8) is 0 Å². The maximum atomic E-state index is 10.5. The number of benzene rings is 1. The Morgan fingerprint density at radius 2 is 1.60 bits per heavy atom. The van der Waals surface area contributed by atoms with Crippen molar-refractivity contribution in [2.75, 3.05) is 0 Å². The molecule has 0 fully saturated rings. The first-order valence-corrected chi connectivity index (χ1v) is 8.52. The Morgan fingerprint density at radius 1 is 0.900 bits per heavy atom. The fraction of sp³-hybridized carbons (Fsp3) is 0.684. The highest BCUT2D eigenvalue weighted by Crippen LogP contribution is 2.25. The van der Waals surface area contributed by atoms with Crippen LogP contribution in [0.15, 0.2) is 18.2 Å². The van der Waals surface area contributed by atoms with E-state index in [0.29, 0.717) is 0 Å². The van der Waals surface area contributed by atoms with Crippen LogP contribution in [0.1, 0.15) is 88.5 Å². The van der Waals surface area contributed by atoms with E-state index in [4.69, 9.17) is 0 Å². The molecule has 0 aliphatic rings. The van der Waals surface area contributed by atoms with Crippen molar-refractivity contribution < 1.29 is 5.11 Å². The molecule has 0 heterocycles. The van der Waals surface area contributed by atoms with Crippen LogP contribution in [0, 0.1) is 0 Å². The van der Waals surface area contributed by atoms with Gasteiger partial charge in [-0.3, -0.25) is 0 Å². The van der Waals surface area contributed by atoms with Crippen LogP contribution >= 0.6 is 0 Å².